The molecule has 1 heterocycles. The van der Waals surface area contributed by atoms with Crippen LogP contribution in [0.25, 0.3) is 0 Å². The fourth-order valence-corrected chi connectivity index (χ4v) is 2.37. The minimum Gasteiger partial charge on any atom is -0.339 e. The highest BCUT2D eigenvalue weighted by molar-refractivity contribution is 5.82. The maximum absolute atomic E-state index is 11.4. The summed E-state index contributed by atoms with van der Waals surface area (Å²) in [6.45, 7) is 3.54. The van der Waals surface area contributed by atoms with Crippen LogP contribution in [-0.4, -0.2) is 15.9 Å². The molecule has 0 spiro atoms. The van der Waals surface area contributed by atoms with E-state index in [1.165, 1.54) is 12.8 Å². The quantitative estimate of drug-likeness (QED) is 0.786. The summed E-state index contributed by atoms with van der Waals surface area (Å²) < 4.78 is 5.21. The third-order valence-electron chi connectivity index (χ3n) is 3.37. The molecule has 1 saturated carbocycles. The van der Waals surface area contributed by atoms with E-state index in [2.05, 4.69) is 10.1 Å². The molecule has 2 rings (SSSR count). The largest absolute Gasteiger partial charge is 0.339 e. The highest BCUT2D eigenvalue weighted by atomic mass is 16.5. The average Bonchev–Trinajstić information content (AvgIpc) is 2.86. The van der Waals surface area contributed by atoms with Crippen LogP contribution in [0.1, 0.15) is 69.5 Å². The molecule has 1 aliphatic rings. The summed E-state index contributed by atoms with van der Waals surface area (Å²) in [5.41, 5.74) is 0. The Hall–Kier alpha value is -1.19. The van der Waals surface area contributed by atoms with Crippen molar-refractivity contribution < 1.29 is 9.32 Å². The first-order valence-electron chi connectivity index (χ1n) is 6.06. The van der Waals surface area contributed by atoms with Crippen molar-refractivity contribution in [2.45, 2.75) is 57.8 Å². The number of aromatic nitrogens is 2. The average molecular weight is 222 g/mol. The molecule has 0 bridgehead atoms. The Kier molecular flexibility index (Phi) is 3.36. The van der Waals surface area contributed by atoms with Crippen molar-refractivity contribution in [3.63, 3.8) is 0 Å². The summed E-state index contributed by atoms with van der Waals surface area (Å²) in [5.74, 6) is 1.62. The second-order valence-electron chi connectivity index (χ2n) is 4.54. The van der Waals surface area contributed by atoms with Gasteiger partial charge in [0.25, 0.3) is 0 Å². The molecule has 4 heteroatoms. The Bertz CT molecular complexity index is 367. The third-order valence-corrected chi connectivity index (χ3v) is 3.37. The van der Waals surface area contributed by atoms with E-state index in [-0.39, 0.29) is 11.7 Å². The zero-order valence-electron chi connectivity index (χ0n) is 9.90. The van der Waals surface area contributed by atoms with Crippen molar-refractivity contribution in [3.8, 4) is 0 Å². The van der Waals surface area contributed by atoms with E-state index in [4.69, 9.17) is 4.52 Å². The topological polar surface area (TPSA) is 56.0 Å². The number of hydrogen-bond donors (Lipinski definition) is 0. The van der Waals surface area contributed by atoms with Crippen LogP contribution >= 0.6 is 0 Å². The number of hydrogen-bond acceptors (Lipinski definition) is 4. The second-order valence-corrected chi connectivity index (χ2v) is 4.54. The van der Waals surface area contributed by atoms with Gasteiger partial charge in [-0.1, -0.05) is 24.9 Å². The molecule has 0 aliphatic heterocycles. The second kappa shape index (κ2) is 4.76. The molecule has 1 fully saturated rings. The van der Waals surface area contributed by atoms with E-state index >= 15 is 0 Å². The summed E-state index contributed by atoms with van der Waals surface area (Å²) in [5, 5.41) is 4.01. The van der Waals surface area contributed by atoms with Gasteiger partial charge in [-0.05, 0) is 26.2 Å². The molecule has 16 heavy (non-hydrogen) atoms. The molecule has 88 valence electrons. The number of nitrogens with zero attached hydrogens (tertiary/aromatic N) is 2. The van der Waals surface area contributed by atoms with Crippen LogP contribution < -0.4 is 0 Å². The van der Waals surface area contributed by atoms with E-state index < -0.39 is 0 Å². The molecule has 4 nitrogen and oxygen atoms in total. The molecule has 1 unspecified atom stereocenters. The van der Waals surface area contributed by atoms with Gasteiger partial charge < -0.3 is 4.52 Å². The Labute approximate surface area is 95.4 Å². The molecule has 0 amide bonds. The highest BCUT2D eigenvalue weighted by Gasteiger charge is 2.26. The normalized spacial score (nSPS) is 18.9. The van der Waals surface area contributed by atoms with Crippen molar-refractivity contribution in [2.75, 3.05) is 0 Å². The summed E-state index contributed by atoms with van der Waals surface area (Å²) >= 11 is 0. The first-order chi connectivity index (χ1) is 7.72. The Balaban J connectivity index is 2.14. The van der Waals surface area contributed by atoms with Crippen LogP contribution in [0.5, 0.6) is 0 Å². The van der Waals surface area contributed by atoms with Crippen LogP contribution in [0, 0.1) is 0 Å². The molecule has 1 atom stereocenters. The van der Waals surface area contributed by atoms with Gasteiger partial charge in [-0.15, -0.1) is 0 Å². The van der Waals surface area contributed by atoms with Crippen molar-refractivity contribution in [1.82, 2.24) is 10.1 Å². The van der Waals surface area contributed by atoms with Gasteiger partial charge in [-0.3, -0.25) is 4.79 Å². The van der Waals surface area contributed by atoms with E-state index in [9.17, 15) is 4.79 Å². The monoisotopic (exact) mass is 222 g/mol. The molecule has 0 N–H and O–H groups in total. The van der Waals surface area contributed by atoms with Gasteiger partial charge in [0.05, 0.1) is 5.92 Å². The number of Topliss-reactive ketones (excluding diaryl/α,β-unsaturated/α-hetero) is 1. The van der Waals surface area contributed by atoms with E-state index in [1.807, 2.05) is 6.92 Å². The first kappa shape index (κ1) is 11.3. The maximum atomic E-state index is 11.4. The lowest BCUT2D eigenvalue weighted by Crippen LogP contribution is -2.08. The number of carbonyl (C=O) groups excluding carboxylic acids is 1. The van der Waals surface area contributed by atoms with E-state index in [0.717, 1.165) is 25.1 Å². The first-order valence-corrected chi connectivity index (χ1v) is 6.06. The van der Waals surface area contributed by atoms with Gasteiger partial charge in [0.15, 0.2) is 5.82 Å². The molecular weight excluding hydrogens is 204 g/mol. The number of ketones is 1. The van der Waals surface area contributed by atoms with E-state index in [0.29, 0.717) is 11.8 Å². The molecular formula is C12H18N2O2. The van der Waals surface area contributed by atoms with Gasteiger partial charge in [0.2, 0.25) is 5.89 Å². The van der Waals surface area contributed by atoms with Gasteiger partial charge in [-0.2, -0.15) is 4.98 Å². The van der Waals surface area contributed by atoms with Crippen molar-refractivity contribution in [2.24, 2.45) is 0 Å². The van der Waals surface area contributed by atoms with Crippen LogP contribution in [-0.2, 0) is 4.79 Å². The number of carbonyl (C=O) groups is 1. The van der Waals surface area contributed by atoms with Crippen LogP contribution in [0.4, 0.5) is 0 Å². The predicted octanol–water partition coefficient (Wildman–Crippen LogP) is 2.81. The standard InChI is InChI=1S/C12H18N2O2/c1-3-10(8(2)15)12-13-11(14-16-12)9-6-4-5-7-9/h9-10H,3-7H2,1-2H3. The SMILES string of the molecule is CCC(C(C)=O)c1nc(C2CCCC2)no1. The van der Waals surface area contributed by atoms with Gasteiger partial charge in [0.1, 0.15) is 5.78 Å². The Morgan fingerprint density at radius 3 is 2.75 bits per heavy atom. The lowest BCUT2D eigenvalue weighted by molar-refractivity contribution is -0.119. The predicted molar refractivity (Wildman–Crippen MR) is 59.2 cm³/mol. The van der Waals surface area contributed by atoms with Crippen molar-refractivity contribution in [1.29, 1.82) is 0 Å². The Morgan fingerprint density at radius 2 is 2.19 bits per heavy atom. The van der Waals surface area contributed by atoms with Crippen molar-refractivity contribution >= 4 is 5.78 Å². The van der Waals surface area contributed by atoms with Crippen LogP contribution in [0.15, 0.2) is 4.52 Å². The van der Waals surface area contributed by atoms with Crippen molar-refractivity contribution in [3.05, 3.63) is 11.7 Å². The minimum atomic E-state index is -0.220. The smallest absolute Gasteiger partial charge is 0.237 e. The minimum absolute atomic E-state index is 0.101. The summed E-state index contributed by atoms with van der Waals surface area (Å²) in [6.07, 6.45) is 5.52. The fourth-order valence-electron chi connectivity index (χ4n) is 2.37. The van der Waals surface area contributed by atoms with Gasteiger partial charge in [-0.25, -0.2) is 0 Å². The van der Waals surface area contributed by atoms with E-state index in [1.54, 1.807) is 6.92 Å². The number of rotatable bonds is 4. The van der Waals surface area contributed by atoms with Gasteiger partial charge in [0, 0.05) is 5.92 Å². The fraction of sp³-hybridized carbons (Fsp3) is 0.750. The molecule has 0 saturated heterocycles. The molecule has 0 radical (unpaired) electrons. The lowest BCUT2D eigenvalue weighted by atomic mass is 10.0. The molecule has 1 aromatic rings. The lowest BCUT2D eigenvalue weighted by Gasteiger charge is -2.04. The summed E-state index contributed by atoms with van der Waals surface area (Å²) in [7, 11) is 0. The molecule has 1 aliphatic carbocycles. The highest BCUT2D eigenvalue weighted by Crippen LogP contribution is 2.33. The van der Waals surface area contributed by atoms with Crippen LogP contribution in [0.3, 0.4) is 0 Å². The summed E-state index contributed by atoms with van der Waals surface area (Å²) in [6, 6.07) is 0. The third kappa shape index (κ3) is 2.15. The molecule has 0 aromatic carbocycles. The maximum Gasteiger partial charge on any atom is 0.237 e. The zero-order valence-corrected chi connectivity index (χ0v) is 9.90. The zero-order chi connectivity index (χ0) is 11.5. The van der Waals surface area contributed by atoms with Gasteiger partial charge >= 0.3 is 0 Å². The Morgan fingerprint density at radius 1 is 1.50 bits per heavy atom. The summed E-state index contributed by atoms with van der Waals surface area (Å²) in [4.78, 5) is 15.8. The van der Waals surface area contributed by atoms with Crippen LogP contribution in [0.2, 0.25) is 0 Å². The molecule has 1 aromatic heterocycles.